The van der Waals surface area contributed by atoms with Crippen LogP contribution in [0.1, 0.15) is 18.9 Å². The van der Waals surface area contributed by atoms with E-state index >= 15 is 0 Å². The number of hydrogen-bond donors (Lipinski definition) is 1. The molecule has 1 rings (SSSR count). The molecule has 0 radical (unpaired) electrons. The lowest BCUT2D eigenvalue weighted by atomic mass is 10.2. The van der Waals surface area contributed by atoms with Gasteiger partial charge >= 0.3 is 5.69 Å². The van der Waals surface area contributed by atoms with Crippen LogP contribution in [0.5, 0.6) is 5.75 Å². The van der Waals surface area contributed by atoms with Crippen LogP contribution in [0.4, 0.5) is 5.69 Å². The standard InChI is InChI=1S/C13H18N2O3/c1-3-5-8-18-13-7-6-11(10-14-4-2)9-12(13)15(16)17/h3,6-7,9,14H,1,4-5,8,10H2,2H3. The first-order valence-electron chi connectivity index (χ1n) is 5.90. The van der Waals surface area contributed by atoms with Gasteiger partial charge in [-0.2, -0.15) is 0 Å². The lowest BCUT2D eigenvalue weighted by Gasteiger charge is -2.07. The smallest absolute Gasteiger partial charge is 0.311 e. The van der Waals surface area contributed by atoms with Crippen molar-refractivity contribution < 1.29 is 9.66 Å². The minimum atomic E-state index is -0.418. The van der Waals surface area contributed by atoms with Crippen LogP contribution in [0.2, 0.25) is 0 Å². The van der Waals surface area contributed by atoms with Gasteiger partial charge in [0, 0.05) is 12.6 Å². The summed E-state index contributed by atoms with van der Waals surface area (Å²) in [7, 11) is 0. The van der Waals surface area contributed by atoms with Crippen molar-refractivity contribution in [3.8, 4) is 5.75 Å². The minimum absolute atomic E-state index is 0.00876. The third-order valence-corrected chi connectivity index (χ3v) is 2.38. The van der Waals surface area contributed by atoms with E-state index in [2.05, 4.69) is 11.9 Å². The van der Waals surface area contributed by atoms with E-state index in [1.807, 2.05) is 13.0 Å². The number of nitro benzene ring substituents is 1. The van der Waals surface area contributed by atoms with E-state index in [1.54, 1.807) is 18.2 Å². The van der Waals surface area contributed by atoms with Crippen molar-refractivity contribution in [2.45, 2.75) is 19.9 Å². The van der Waals surface area contributed by atoms with Gasteiger partial charge in [0.1, 0.15) is 0 Å². The molecular formula is C13H18N2O3. The molecule has 98 valence electrons. The zero-order valence-corrected chi connectivity index (χ0v) is 10.5. The molecule has 5 nitrogen and oxygen atoms in total. The van der Waals surface area contributed by atoms with Crippen molar-refractivity contribution in [3.63, 3.8) is 0 Å². The van der Waals surface area contributed by atoms with Gasteiger partial charge in [0.15, 0.2) is 5.75 Å². The Morgan fingerprint density at radius 3 is 2.94 bits per heavy atom. The van der Waals surface area contributed by atoms with Crippen LogP contribution in [-0.4, -0.2) is 18.1 Å². The highest BCUT2D eigenvalue weighted by molar-refractivity contribution is 5.48. The molecule has 0 aliphatic carbocycles. The maximum absolute atomic E-state index is 11.0. The number of nitrogens with one attached hydrogen (secondary N) is 1. The van der Waals surface area contributed by atoms with E-state index in [1.165, 1.54) is 0 Å². The van der Waals surface area contributed by atoms with Crippen LogP contribution in [-0.2, 0) is 6.54 Å². The van der Waals surface area contributed by atoms with Crippen LogP contribution in [0.25, 0.3) is 0 Å². The van der Waals surface area contributed by atoms with Crippen LogP contribution in [0.3, 0.4) is 0 Å². The molecule has 5 heteroatoms. The molecule has 0 saturated carbocycles. The molecule has 0 aliphatic rings. The Bertz CT molecular complexity index is 419. The second kappa shape index (κ2) is 7.45. The molecule has 0 atom stereocenters. The fourth-order valence-corrected chi connectivity index (χ4v) is 1.46. The first-order valence-corrected chi connectivity index (χ1v) is 5.90. The summed E-state index contributed by atoms with van der Waals surface area (Å²) in [6.07, 6.45) is 2.38. The van der Waals surface area contributed by atoms with Gasteiger partial charge in [-0.3, -0.25) is 10.1 Å². The average Bonchev–Trinajstić information content (AvgIpc) is 2.37. The molecule has 0 saturated heterocycles. The number of hydrogen-bond acceptors (Lipinski definition) is 4. The summed E-state index contributed by atoms with van der Waals surface area (Å²) in [5, 5.41) is 14.1. The molecule has 0 spiro atoms. The molecule has 1 aromatic carbocycles. The topological polar surface area (TPSA) is 64.4 Å². The fraction of sp³-hybridized carbons (Fsp3) is 0.385. The van der Waals surface area contributed by atoms with Gasteiger partial charge < -0.3 is 10.1 Å². The number of benzene rings is 1. The molecule has 0 fully saturated rings. The molecule has 0 bridgehead atoms. The Hall–Kier alpha value is -1.88. The Balaban J connectivity index is 2.82. The lowest BCUT2D eigenvalue weighted by Crippen LogP contribution is -2.12. The number of rotatable bonds is 8. The van der Waals surface area contributed by atoms with Gasteiger partial charge in [0.25, 0.3) is 0 Å². The van der Waals surface area contributed by atoms with E-state index < -0.39 is 4.92 Å². The van der Waals surface area contributed by atoms with Crippen molar-refractivity contribution in [3.05, 3.63) is 46.5 Å². The van der Waals surface area contributed by atoms with Gasteiger partial charge in [-0.05, 0) is 24.6 Å². The Labute approximate surface area is 107 Å². The molecule has 0 heterocycles. The largest absolute Gasteiger partial charge is 0.486 e. The van der Waals surface area contributed by atoms with E-state index in [0.717, 1.165) is 12.1 Å². The molecule has 18 heavy (non-hydrogen) atoms. The van der Waals surface area contributed by atoms with Crippen molar-refractivity contribution >= 4 is 5.69 Å². The first kappa shape index (κ1) is 14.2. The minimum Gasteiger partial charge on any atom is -0.486 e. The predicted molar refractivity (Wildman–Crippen MR) is 70.8 cm³/mol. The van der Waals surface area contributed by atoms with Gasteiger partial charge in [-0.1, -0.05) is 19.1 Å². The highest BCUT2D eigenvalue weighted by Crippen LogP contribution is 2.28. The van der Waals surface area contributed by atoms with Gasteiger partial charge in [-0.25, -0.2) is 0 Å². The summed E-state index contributed by atoms with van der Waals surface area (Å²) in [5.41, 5.74) is 0.883. The summed E-state index contributed by atoms with van der Waals surface area (Å²) in [4.78, 5) is 10.5. The molecule has 0 aromatic heterocycles. The number of nitrogens with zero attached hydrogens (tertiary/aromatic N) is 1. The lowest BCUT2D eigenvalue weighted by molar-refractivity contribution is -0.385. The van der Waals surface area contributed by atoms with Crippen molar-refractivity contribution in [1.82, 2.24) is 5.32 Å². The highest BCUT2D eigenvalue weighted by atomic mass is 16.6. The summed E-state index contributed by atoms with van der Waals surface area (Å²) < 4.78 is 5.36. The monoisotopic (exact) mass is 250 g/mol. The third kappa shape index (κ3) is 4.18. The Kier molecular flexibility index (Phi) is 5.87. The van der Waals surface area contributed by atoms with E-state index in [-0.39, 0.29) is 5.69 Å². The number of nitro groups is 1. The van der Waals surface area contributed by atoms with Crippen LogP contribution >= 0.6 is 0 Å². The summed E-state index contributed by atoms with van der Waals surface area (Å²) in [6.45, 7) is 7.40. The van der Waals surface area contributed by atoms with E-state index in [9.17, 15) is 10.1 Å². The normalized spacial score (nSPS) is 10.1. The number of ether oxygens (including phenoxy) is 1. The Morgan fingerprint density at radius 2 is 2.33 bits per heavy atom. The van der Waals surface area contributed by atoms with E-state index in [4.69, 9.17) is 4.74 Å². The van der Waals surface area contributed by atoms with Gasteiger partial charge in [-0.15, -0.1) is 6.58 Å². The van der Waals surface area contributed by atoms with Crippen LogP contribution < -0.4 is 10.1 Å². The molecule has 1 N–H and O–H groups in total. The molecule has 0 amide bonds. The van der Waals surface area contributed by atoms with Gasteiger partial charge in [0.05, 0.1) is 11.5 Å². The van der Waals surface area contributed by atoms with E-state index in [0.29, 0.717) is 25.3 Å². The quantitative estimate of drug-likeness (QED) is 0.333. The van der Waals surface area contributed by atoms with Crippen molar-refractivity contribution in [2.75, 3.05) is 13.2 Å². The molecule has 1 aromatic rings. The fourth-order valence-electron chi connectivity index (χ4n) is 1.46. The SMILES string of the molecule is C=CCCOc1ccc(CNCC)cc1[N+](=O)[O-]. The molecular weight excluding hydrogens is 232 g/mol. The predicted octanol–water partition coefficient (Wildman–Crippen LogP) is 2.66. The van der Waals surface area contributed by atoms with Crippen molar-refractivity contribution in [1.29, 1.82) is 0 Å². The summed E-state index contributed by atoms with van der Waals surface area (Å²) in [6, 6.07) is 5.03. The second-order valence-electron chi connectivity index (χ2n) is 3.77. The third-order valence-electron chi connectivity index (χ3n) is 2.38. The first-order chi connectivity index (χ1) is 8.69. The van der Waals surface area contributed by atoms with Crippen LogP contribution in [0.15, 0.2) is 30.9 Å². The zero-order valence-electron chi connectivity index (χ0n) is 10.5. The van der Waals surface area contributed by atoms with Gasteiger partial charge in [0.2, 0.25) is 0 Å². The molecule has 0 unspecified atom stereocenters. The summed E-state index contributed by atoms with van der Waals surface area (Å²) in [5.74, 6) is 0.307. The highest BCUT2D eigenvalue weighted by Gasteiger charge is 2.15. The Morgan fingerprint density at radius 1 is 1.56 bits per heavy atom. The maximum Gasteiger partial charge on any atom is 0.311 e. The van der Waals surface area contributed by atoms with Crippen molar-refractivity contribution in [2.24, 2.45) is 0 Å². The maximum atomic E-state index is 11.0. The second-order valence-corrected chi connectivity index (χ2v) is 3.77. The van der Waals surface area contributed by atoms with Crippen LogP contribution in [0, 0.1) is 10.1 Å². The summed E-state index contributed by atoms with van der Waals surface area (Å²) >= 11 is 0. The molecule has 0 aliphatic heterocycles. The average molecular weight is 250 g/mol. The zero-order chi connectivity index (χ0) is 13.4.